The number of aromatic nitrogens is 5. The van der Waals surface area contributed by atoms with Crippen LogP contribution in [0.4, 0.5) is 20.7 Å². The number of nitrogens with zero attached hydrogens (tertiary/aromatic N) is 6. The van der Waals surface area contributed by atoms with Gasteiger partial charge in [-0.15, -0.1) is 0 Å². The van der Waals surface area contributed by atoms with Gasteiger partial charge < -0.3 is 15.0 Å². The van der Waals surface area contributed by atoms with Crippen molar-refractivity contribution in [3.05, 3.63) is 18.5 Å². The number of rotatable bonds is 4. The summed E-state index contributed by atoms with van der Waals surface area (Å²) in [7, 11) is 0. The van der Waals surface area contributed by atoms with Crippen LogP contribution in [-0.4, -0.2) is 63.0 Å². The highest BCUT2D eigenvalue weighted by atomic mass is 19.3. The standard InChI is InChI=1S/C16H21F2N7O/c17-16(18)4-8-24(9-5-16)14-21-13(20-12-2-10-26-11-3-12)22-15(23-14)25-7-1-6-19-25/h1,6-7,12H,2-5,8-11H2,(H,20,21,22,23). The van der Waals surface area contributed by atoms with Crippen molar-refractivity contribution in [2.24, 2.45) is 0 Å². The van der Waals surface area contributed by atoms with Crippen molar-refractivity contribution < 1.29 is 13.5 Å². The molecule has 0 bridgehead atoms. The molecule has 1 N–H and O–H groups in total. The van der Waals surface area contributed by atoms with Gasteiger partial charge in [0.15, 0.2) is 0 Å². The summed E-state index contributed by atoms with van der Waals surface area (Å²) in [6.07, 6.45) is 4.72. The van der Waals surface area contributed by atoms with E-state index in [1.54, 1.807) is 28.0 Å². The fraction of sp³-hybridized carbons (Fsp3) is 0.625. The summed E-state index contributed by atoms with van der Waals surface area (Å²) in [4.78, 5) is 15.1. The Balaban J connectivity index is 1.60. The molecule has 0 spiro atoms. The van der Waals surface area contributed by atoms with Crippen LogP contribution in [0, 0.1) is 0 Å². The molecule has 140 valence electrons. The van der Waals surface area contributed by atoms with Crippen molar-refractivity contribution in [2.75, 3.05) is 36.5 Å². The van der Waals surface area contributed by atoms with Crippen LogP contribution in [-0.2, 0) is 4.74 Å². The van der Waals surface area contributed by atoms with E-state index >= 15 is 0 Å². The molecule has 0 aromatic carbocycles. The minimum Gasteiger partial charge on any atom is -0.381 e. The molecule has 0 unspecified atom stereocenters. The van der Waals surface area contributed by atoms with Gasteiger partial charge in [0.25, 0.3) is 11.9 Å². The highest BCUT2D eigenvalue weighted by Crippen LogP contribution is 2.29. The number of hydrogen-bond acceptors (Lipinski definition) is 7. The zero-order valence-electron chi connectivity index (χ0n) is 14.3. The molecule has 2 saturated heterocycles. The third-order valence-corrected chi connectivity index (χ3v) is 4.65. The molecule has 2 fully saturated rings. The fourth-order valence-electron chi connectivity index (χ4n) is 3.11. The van der Waals surface area contributed by atoms with Gasteiger partial charge in [-0.25, -0.2) is 13.5 Å². The second-order valence-electron chi connectivity index (χ2n) is 6.58. The smallest absolute Gasteiger partial charge is 0.257 e. The summed E-state index contributed by atoms with van der Waals surface area (Å²) in [5, 5.41) is 7.48. The van der Waals surface area contributed by atoms with Gasteiger partial charge in [0.2, 0.25) is 11.9 Å². The number of anilines is 2. The molecule has 2 aliphatic heterocycles. The van der Waals surface area contributed by atoms with Crippen LogP contribution >= 0.6 is 0 Å². The number of hydrogen-bond donors (Lipinski definition) is 1. The highest BCUT2D eigenvalue weighted by Gasteiger charge is 2.35. The number of alkyl halides is 2. The van der Waals surface area contributed by atoms with Crippen LogP contribution in [0.25, 0.3) is 5.95 Å². The Morgan fingerprint density at radius 2 is 1.81 bits per heavy atom. The molecule has 0 amide bonds. The number of ether oxygens (including phenoxy) is 1. The quantitative estimate of drug-likeness (QED) is 0.886. The Kier molecular flexibility index (Phi) is 4.66. The Morgan fingerprint density at radius 3 is 2.50 bits per heavy atom. The summed E-state index contributed by atoms with van der Waals surface area (Å²) >= 11 is 0. The molecule has 0 radical (unpaired) electrons. The monoisotopic (exact) mass is 365 g/mol. The molecule has 4 rings (SSSR count). The van der Waals surface area contributed by atoms with Gasteiger partial charge in [0, 0.05) is 57.6 Å². The van der Waals surface area contributed by atoms with Gasteiger partial charge in [-0.05, 0) is 18.9 Å². The molecule has 0 aliphatic carbocycles. The first-order valence-electron chi connectivity index (χ1n) is 8.82. The third-order valence-electron chi connectivity index (χ3n) is 4.65. The molecule has 2 aromatic rings. The lowest BCUT2D eigenvalue weighted by molar-refractivity contribution is -0.0222. The number of halogens is 2. The average Bonchev–Trinajstić information content (AvgIpc) is 3.17. The maximum Gasteiger partial charge on any atom is 0.257 e. The summed E-state index contributed by atoms with van der Waals surface area (Å²) in [6, 6.07) is 1.99. The summed E-state index contributed by atoms with van der Waals surface area (Å²) in [5.74, 6) is -1.41. The Hall–Kier alpha value is -2.36. The Bertz CT molecular complexity index is 724. The zero-order valence-corrected chi connectivity index (χ0v) is 14.3. The van der Waals surface area contributed by atoms with E-state index in [0.717, 1.165) is 12.8 Å². The second kappa shape index (κ2) is 7.10. The Morgan fingerprint density at radius 1 is 1.08 bits per heavy atom. The minimum absolute atomic E-state index is 0.196. The largest absolute Gasteiger partial charge is 0.381 e. The molecule has 0 atom stereocenters. The first-order chi connectivity index (χ1) is 12.6. The average molecular weight is 365 g/mol. The van der Waals surface area contributed by atoms with Crippen molar-refractivity contribution in [3.63, 3.8) is 0 Å². The van der Waals surface area contributed by atoms with E-state index < -0.39 is 5.92 Å². The molecule has 2 aliphatic rings. The van der Waals surface area contributed by atoms with Crippen LogP contribution in [0.5, 0.6) is 0 Å². The summed E-state index contributed by atoms with van der Waals surface area (Å²) < 4.78 is 33.8. The maximum atomic E-state index is 13.5. The summed E-state index contributed by atoms with van der Waals surface area (Å²) in [6.45, 7) is 1.82. The molecule has 8 nitrogen and oxygen atoms in total. The molecular weight excluding hydrogens is 344 g/mol. The number of nitrogens with one attached hydrogen (secondary N) is 1. The van der Waals surface area contributed by atoms with Crippen LogP contribution < -0.4 is 10.2 Å². The first kappa shape index (κ1) is 17.1. The van der Waals surface area contributed by atoms with Crippen molar-refractivity contribution in [2.45, 2.75) is 37.6 Å². The molecule has 2 aromatic heterocycles. The molecule has 0 saturated carbocycles. The lowest BCUT2D eigenvalue weighted by atomic mass is 10.1. The van der Waals surface area contributed by atoms with Crippen molar-refractivity contribution >= 4 is 11.9 Å². The minimum atomic E-state index is -2.61. The summed E-state index contributed by atoms with van der Waals surface area (Å²) in [5.41, 5.74) is 0. The predicted molar refractivity (Wildman–Crippen MR) is 90.8 cm³/mol. The van der Waals surface area contributed by atoms with Crippen LogP contribution in [0.2, 0.25) is 0 Å². The lowest BCUT2D eigenvalue weighted by Gasteiger charge is -2.32. The predicted octanol–water partition coefficient (Wildman–Crippen LogP) is 1.88. The van der Waals surface area contributed by atoms with Gasteiger partial charge in [-0.2, -0.15) is 20.1 Å². The fourth-order valence-corrected chi connectivity index (χ4v) is 3.11. The lowest BCUT2D eigenvalue weighted by Crippen LogP contribution is -2.40. The van der Waals surface area contributed by atoms with E-state index in [0.29, 0.717) is 31.1 Å². The maximum absolute atomic E-state index is 13.5. The molecular formula is C16H21F2N7O. The van der Waals surface area contributed by atoms with E-state index in [1.165, 1.54) is 0 Å². The molecule has 10 heteroatoms. The Labute approximate surface area is 149 Å². The van der Waals surface area contributed by atoms with Gasteiger partial charge in [-0.1, -0.05) is 0 Å². The van der Waals surface area contributed by atoms with Crippen LogP contribution in [0.15, 0.2) is 18.5 Å². The van der Waals surface area contributed by atoms with Gasteiger partial charge >= 0.3 is 0 Å². The third kappa shape index (κ3) is 3.90. The van der Waals surface area contributed by atoms with Gasteiger partial charge in [0.05, 0.1) is 0 Å². The van der Waals surface area contributed by atoms with Gasteiger partial charge in [-0.3, -0.25) is 0 Å². The van der Waals surface area contributed by atoms with Crippen molar-refractivity contribution in [1.82, 2.24) is 24.7 Å². The van der Waals surface area contributed by atoms with Crippen molar-refractivity contribution in [3.8, 4) is 5.95 Å². The SMILES string of the molecule is FC1(F)CCN(c2nc(NC3CCOCC3)nc(-n3cccn3)n2)CC1. The van der Waals surface area contributed by atoms with E-state index in [-0.39, 0.29) is 32.0 Å². The first-order valence-corrected chi connectivity index (χ1v) is 8.82. The van der Waals surface area contributed by atoms with E-state index in [9.17, 15) is 8.78 Å². The van der Waals surface area contributed by atoms with Crippen molar-refractivity contribution in [1.29, 1.82) is 0 Å². The van der Waals surface area contributed by atoms with E-state index in [4.69, 9.17) is 4.74 Å². The molecule has 26 heavy (non-hydrogen) atoms. The second-order valence-corrected chi connectivity index (χ2v) is 6.58. The van der Waals surface area contributed by atoms with E-state index in [2.05, 4.69) is 25.4 Å². The van der Waals surface area contributed by atoms with Crippen LogP contribution in [0.1, 0.15) is 25.7 Å². The topological polar surface area (TPSA) is 81.0 Å². The number of piperidine rings is 1. The highest BCUT2D eigenvalue weighted by molar-refractivity contribution is 5.41. The van der Waals surface area contributed by atoms with E-state index in [1.807, 2.05) is 0 Å². The zero-order chi connectivity index (χ0) is 18.0. The van der Waals surface area contributed by atoms with Crippen LogP contribution in [0.3, 0.4) is 0 Å². The molecule has 4 heterocycles. The van der Waals surface area contributed by atoms with Gasteiger partial charge in [0.1, 0.15) is 0 Å². The normalized spacial score (nSPS) is 20.9.